The number of rotatable bonds is 2. The summed E-state index contributed by atoms with van der Waals surface area (Å²) in [6, 6.07) is 4.14. The topological polar surface area (TPSA) is 51.8 Å². The highest BCUT2D eigenvalue weighted by Crippen LogP contribution is 2.44. The van der Waals surface area contributed by atoms with Gasteiger partial charge in [-0.05, 0) is 47.0 Å². The Morgan fingerprint density at radius 3 is 2.68 bits per heavy atom. The summed E-state index contributed by atoms with van der Waals surface area (Å²) >= 11 is 9.45. The van der Waals surface area contributed by atoms with Crippen LogP contribution in [0.25, 0.3) is 11.4 Å². The van der Waals surface area contributed by atoms with Crippen molar-refractivity contribution in [1.29, 1.82) is 0 Å². The highest BCUT2D eigenvalue weighted by molar-refractivity contribution is 9.10. The summed E-state index contributed by atoms with van der Waals surface area (Å²) in [4.78, 5) is 8.73. The molecule has 0 unspecified atom stereocenters. The fourth-order valence-electron chi connectivity index (χ4n) is 1.90. The summed E-state index contributed by atoms with van der Waals surface area (Å²) < 4.78 is 13.8. The van der Waals surface area contributed by atoms with E-state index in [2.05, 4.69) is 25.9 Å². The third-order valence-electron chi connectivity index (χ3n) is 3.04. The minimum atomic E-state index is -0.388. The third kappa shape index (κ3) is 2.44. The van der Waals surface area contributed by atoms with Gasteiger partial charge in [-0.15, -0.1) is 0 Å². The van der Waals surface area contributed by atoms with Crippen molar-refractivity contribution in [2.24, 2.45) is 0 Å². The van der Waals surface area contributed by atoms with Gasteiger partial charge in [-0.1, -0.05) is 11.6 Å². The Morgan fingerprint density at radius 1 is 1.32 bits per heavy atom. The highest BCUT2D eigenvalue weighted by atomic mass is 79.9. The molecule has 1 aliphatic carbocycles. The molecule has 2 N–H and O–H groups in total. The largest absolute Gasteiger partial charge is 0.383 e. The van der Waals surface area contributed by atoms with Crippen LogP contribution in [0.4, 0.5) is 10.2 Å². The lowest BCUT2D eigenvalue weighted by molar-refractivity contribution is 0.628. The Balaban J connectivity index is 2.14. The molecule has 2 aromatic rings. The van der Waals surface area contributed by atoms with Gasteiger partial charge in [-0.2, -0.15) is 0 Å². The maximum absolute atomic E-state index is 13.1. The Bertz CT molecular complexity index is 659. The molecule has 0 radical (unpaired) electrons. The SMILES string of the molecule is Nc1nc(-c2ccc(F)cc2Cl)nc(C2CC2)c1Br. The quantitative estimate of drug-likeness (QED) is 0.891. The molecule has 0 spiro atoms. The predicted molar refractivity (Wildman–Crippen MR) is 76.5 cm³/mol. The van der Waals surface area contributed by atoms with Crippen molar-refractivity contribution in [1.82, 2.24) is 9.97 Å². The van der Waals surface area contributed by atoms with Crippen molar-refractivity contribution in [3.05, 3.63) is 39.2 Å². The van der Waals surface area contributed by atoms with Crippen LogP contribution < -0.4 is 5.73 Å². The predicted octanol–water partition coefficient (Wildman–Crippen LogP) is 4.16. The molecule has 0 saturated heterocycles. The van der Waals surface area contributed by atoms with E-state index in [-0.39, 0.29) is 10.8 Å². The summed E-state index contributed by atoms with van der Waals surface area (Å²) in [6.07, 6.45) is 2.21. The normalized spacial score (nSPS) is 14.7. The number of halogens is 3. The van der Waals surface area contributed by atoms with E-state index in [1.165, 1.54) is 12.1 Å². The molecule has 3 rings (SSSR count). The second-order valence-electron chi connectivity index (χ2n) is 4.53. The average Bonchev–Trinajstić information content (AvgIpc) is 3.17. The van der Waals surface area contributed by atoms with E-state index in [0.29, 0.717) is 23.1 Å². The molecule has 0 aliphatic heterocycles. The first-order valence-corrected chi connectivity index (χ1v) is 7.01. The monoisotopic (exact) mass is 341 g/mol. The van der Waals surface area contributed by atoms with Crippen LogP contribution in [0.2, 0.25) is 5.02 Å². The fourth-order valence-corrected chi connectivity index (χ4v) is 2.65. The first-order valence-electron chi connectivity index (χ1n) is 5.84. The van der Waals surface area contributed by atoms with E-state index in [0.717, 1.165) is 23.0 Å². The number of nitrogens with zero attached hydrogens (tertiary/aromatic N) is 2. The molecule has 98 valence electrons. The van der Waals surface area contributed by atoms with E-state index >= 15 is 0 Å². The second kappa shape index (κ2) is 4.72. The van der Waals surface area contributed by atoms with Crippen LogP contribution in [0, 0.1) is 5.82 Å². The minimum Gasteiger partial charge on any atom is -0.383 e. The number of aromatic nitrogens is 2. The number of hydrogen-bond acceptors (Lipinski definition) is 3. The van der Waals surface area contributed by atoms with E-state index < -0.39 is 0 Å². The Labute approximate surface area is 123 Å². The molecule has 1 saturated carbocycles. The van der Waals surface area contributed by atoms with Crippen molar-refractivity contribution in [3.63, 3.8) is 0 Å². The Kier molecular flexibility index (Phi) is 3.19. The van der Waals surface area contributed by atoms with Crippen LogP contribution in [0.15, 0.2) is 22.7 Å². The lowest BCUT2D eigenvalue weighted by Gasteiger charge is -2.09. The molecule has 3 nitrogen and oxygen atoms in total. The molecule has 19 heavy (non-hydrogen) atoms. The molecule has 0 amide bonds. The molecule has 1 aliphatic rings. The Hall–Kier alpha value is -1.20. The fraction of sp³-hybridized carbons (Fsp3) is 0.231. The number of hydrogen-bond donors (Lipinski definition) is 1. The summed E-state index contributed by atoms with van der Waals surface area (Å²) in [5.74, 6) is 0.860. The van der Waals surface area contributed by atoms with Gasteiger partial charge in [0.1, 0.15) is 11.6 Å². The van der Waals surface area contributed by atoms with E-state index in [9.17, 15) is 4.39 Å². The van der Waals surface area contributed by atoms with Crippen molar-refractivity contribution < 1.29 is 4.39 Å². The maximum Gasteiger partial charge on any atom is 0.163 e. The molecular weight excluding hydrogens is 333 g/mol. The van der Waals surface area contributed by atoms with Gasteiger partial charge in [0, 0.05) is 11.5 Å². The lowest BCUT2D eigenvalue weighted by Crippen LogP contribution is -2.02. The van der Waals surface area contributed by atoms with Crippen molar-refractivity contribution in [2.75, 3.05) is 5.73 Å². The zero-order valence-electron chi connectivity index (χ0n) is 9.83. The average molecular weight is 343 g/mol. The van der Waals surface area contributed by atoms with Crippen LogP contribution in [-0.4, -0.2) is 9.97 Å². The lowest BCUT2D eigenvalue weighted by atomic mass is 10.2. The van der Waals surface area contributed by atoms with Gasteiger partial charge in [0.15, 0.2) is 5.82 Å². The summed E-state index contributed by atoms with van der Waals surface area (Å²) in [5.41, 5.74) is 7.38. The molecule has 6 heteroatoms. The van der Waals surface area contributed by atoms with Gasteiger partial charge in [-0.25, -0.2) is 14.4 Å². The van der Waals surface area contributed by atoms with Crippen molar-refractivity contribution in [2.45, 2.75) is 18.8 Å². The van der Waals surface area contributed by atoms with Gasteiger partial charge in [0.2, 0.25) is 0 Å². The van der Waals surface area contributed by atoms with Gasteiger partial charge in [0.05, 0.1) is 15.2 Å². The van der Waals surface area contributed by atoms with Crippen LogP contribution in [0.5, 0.6) is 0 Å². The minimum absolute atomic E-state index is 0.281. The number of nitrogens with two attached hydrogens (primary N) is 1. The number of benzene rings is 1. The van der Waals surface area contributed by atoms with Crippen LogP contribution >= 0.6 is 27.5 Å². The first-order chi connectivity index (χ1) is 9.06. The second-order valence-corrected chi connectivity index (χ2v) is 5.73. The van der Waals surface area contributed by atoms with Crippen molar-refractivity contribution in [3.8, 4) is 11.4 Å². The van der Waals surface area contributed by atoms with Crippen molar-refractivity contribution >= 4 is 33.3 Å². The van der Waals surface area contributed by atoms with E-state index in [1.54, 1.807) is 6.07 Å². The first kappa shape index (κ1) is 12.8. The molecule has 1 aromatic heterocycles. The van der Waals surface area contributed by atoms with Gasteiger partial charge < -0.3 is 5.73 Å². The summed E-state index contributed by atoms with van der Waals surface area (Å²) in [7, 11) is 0. The zero-order chi connectivity index (χ0) is 13.6. The van der Waals surface area contributed by atoms with Crippen LogP contribution in [0.1, 0.15) is 24.5 Å². The summed E-state index contributed by atoms with van der Waals surface area (Å²) in [6.45, 7) is 0. The molecule has 1 heterocycles. The molecule has 0 atom stereocenters. The van der Waals surface area contributed by atoms with Gasteiger partial charge in [0.25, 0.3) is 0 Å². The van der Waals surface area contributed by atoms with Crippen LogP contribution in [0.3, 0.4) is 0 Å². The smallest absolute Gasteiger partial charge is 0.163 e. The molecule has 0 bridgehead atoms. The molecule has 1 aromatic carbocycles. The summed E-state index contributed by atoms with van der Waals surface area (Å²) in [5, 5.41) is 0.281. The molecular formula is C13H10BrClFN3. The standard InChI is InChI=1S/C13H10BrClFN3/c14-10-11(6-1-2-6)18-13(19-12(10)17)8-4-3-7(16)5-9(8)15/h3-6H,1-2H2,(H2,17,18,19). The number of anilines is 1. The number of nitrogen functional groups attached to an aromatic ring is 1. The van der Waals surface area contributed by atoms with Gasteiger partial charge >= 0.3 is 0 Å². The molecule has 1 fully saturated rings. The zero-order valence-corrected chi connectivity index (χ0v) is 12.2. The highest BCUT2D eigenvalue weighted by Gasteiger charge is 2.29. The Morgan fingerprint density at radius 2 is 2.05 bits per heavy atom. The van der Waals surface area contributed by atoms with Crippen LogP contribution in [-0.2, 0) is 0 Å². The maximum atomic E-state index is 13.1. The van der Waals surface area contributed by atoms with Gasteiger partial charge in [-0.3, -0.25) is 0 Å². The van der Waals surface area contributed by atoms with E-state index in [1.807, 2.05) is 0 Å². The van der Waals surface area contributed by atoms with E-state index in [4.69, 9.17) is 17.3 Å². The third-order valence-corrected chi connectivity index (χ3v) is 4.16.